The smallest absolute Gasteiger partial charge is 0.269 e. The molecular formula is C23H25NO6. The Bertz CT molecular complexity index is 1010. The van der Waals surface area contributed by atoms with Crippen LogP contribution in [0.3, 0.4) is 0 Å². The van der Waals surface area contributed by atoms with Crippen LogP contribution in [0, 0.1) is 26.9 Å². The molecule has 7 heteroatoms. The van der Waals surface area contributed by atoms with Crippen LogP contribution >= 0.6 is 0 Å². The summed E-state index contributed by atoms with van der Waals surface area (Å²) in [6, 6.07) is 4.18. The highest BCUT2D eigenvalue weighted by Gasteiger charge is 2.51. The van der Waals surface area contributed by atoms with Crippen LogP contribution in [0.2, 0.25) is 0 Å². The molecule has 1 fully saturated rings. The minimum absolute atomic E-state index is 0.158. The van der Waals surface area contributed by atoms with E-state index in [0.717, 1.165) is 0 Å². The summed E-state index contributed by atoms with van der Waals surface area (Å²) >= 11 is 0. The molecule has 1 aromatic rings. The summed E-state index contributed by atoms with van der Waals surface area (Å²) in [5.74, 6) is -1.58. The first kappa shape index (κ1) is 20.4. The van der Waals surface area contributed by atoms with Gasteiger partial charge in [-0.25, -0.2) is 0 Å². The maximum Gasteiger partial charge on any atom is 0.269 e. The lowest BCUT2D eigenvalue weighted by Crippen LogP contribution is -2.44. The van der Waals surface area contributed by atoms with Gasteiger partial charge in [0.1, 0.15) is 23.1 Å². The molecule has 0 radical (unpaired) electrons. The Labute approximate surface area is 174 Å². The minimum atomic E-state index is -1.02. The fraction of sp³-hybridized carbons (Fsp3) is 0.522. The van der Waals surface area contributed by atoms with Crippen molar-refractivity contribution in [1.29, 1.82) is 0 Å². The van der Waals surface area contributed by atoms with Gasteiger partial charge >= 0.3 is 0 Å². The number of nitro groups is 1. The Morgan fingerprint density at radius 2 is 1.53 bits per heavy atom. The SMILES string of the molecule is CC1(C)CC(=O)C([C@H]2C3=C(CC(C)(C)CC3=O)Oc3ccc([N+](=O)[O-])cc32)C(=O)C1. The summed E-state index contributed by atoms with van der Waals surface area (Å²) in [5.41, 5.74) is -0.180. The van der Waals surface area contributed by atoms with Crippen molar-refractivity contribution in [3.63, 3.8) is 0 Å². The number of hydrogen-bond donors (Lipinski definition) is 0. The molecule has 4 rings (SSSR count). The molecule has 30 heavy (non-hydrogen) atoms. The highest BCUT2D eigenvalue weighted by Crippen LogP contribution is 2.53. The molecule has 0 amide bonds. The zero-order chi connectivity index (χ0) is 22.0. The van der Waals surface area contributed by atoms with E-state index < -0.39 is 22.2 Å². The molecule has 3 aliphatic rings. The third-order valence-electron chi connectivity index (χ3n) is 6.30. The second-order valence-corrected chi connectivity index (χ2v) is 10.3. The monoisotopic (exact) mass is 411 g/mol. The first-order valence-corrected chi connectivity index (χ1v) is 10.2. The maximum atomic E-state index is 13.2. The van der Waals surface area contributed by atoms with Crippen LogP contribution in [-0.4, -0.2) is 22.3 Å². The molecule has 0 aromatic heterocycles. The number of non-ortho nitro benzene ring substituents is 1. The molecule has 7 nitrogen and oxygen atoms in total. The van der Waals surface area contributed by atoms with Crippen molar-refractivity contribution in [3.8, 4) is 5.75 Å². The molecule has 2 aliphatic carbocycles. The number of ether oxygens (including phenoxy) is 1. The van der Waals surface area contributed by atoms with Crippen LogP contribution in [0.4, 0.5) is 5.69 Å². The van der Waals surface area contributed by atoms with Gasteiger partial charge in [-0.2, -0.15) is 0 Å². The number of carbonyl (C=O) groups is 3. The van der Waals surface area contributed by atoms with E-state index in [1.165, 1.54) is 18.2 Å². The molecule has 0 N–H and O–H groups in total. The highest BCUT2D eigenvalue weighted by atomic mass is 16.6. The van der Waals surface area contributed by atoms with Crippen LogP contribution in [0.25, 0.3) is 0 Å². The van der Waals surface area contributed by atoms with Gasteiger partial charge in [0.05, 0.1) is 10.8 Å². The predicted molar refractivity (Wildman–Crippen MR) is 108 cm³/mol. The molecule has 1 aromatic carbocycles. The molecule has 1 aliphatic heterocycles. The number of nitrogens with zero attached hydrogens (tertiary/aromatic N) is 1. The third-order valence-corrected chi connectivity index (χ3v) is 6.30. The summed E-state index contributed by atoms with van der Waals surface area (Å²) in [6.45, 7) is 7.69. The fourth-order valence-electron chi connectivity index (χ4n) is 5.11. The predicted octanol–water partition coefficient (Wildman–Crippen LogP) is 4.29. The van der Waals surface area contributed by atoms with Crippen molar-refractivity contribution in [2.75, 3.05) is 0 Å². The van der Waals surface area contributed by atoms with Gasteiger partial charge in [0.2, 0.25) is 0 Å². The second-order valence-electron chi connectivity index (χ2n) is 10.3. The lowest BCUT2D eigenvalue weighted by Gasteiger charge is -2.42. The number of allylic oxidation sites excluding steroid dienone is 2. The van der Waals surface area contributed by atoms with E-state index in [-0.39, 0.29) is 47.7 Å². The van der Waals surface area contributed by atoms with Crippen LogP contribution in [0.1, 0.15) is 64.9 Å². The Morgan fingerprint density at radius 3 is 2.13 bits per heavy atom. The van der Waals surface area contributed by atoms with Crippen molar-refractivity contribution in [2.45, 2.75) is 59.3 Å². The standard InChI is InChI=1S/C23H25NO6/c1-22(2)8-14(25)20(15(26)9-22)19-13-7-12(24(28)29)5-6-17(13)30-18-11-23(3,4)10-16(27)21(18)19/h5-7,19-20H,8-11H2,1-4H3/t19-/m0/s1. The summed E-state index contributed by atoms with van der Waals surface area (Å²) < 4.78 is 6.02. The van der Waals surface area contributed by atoms with Crippen LogP contribution in [-0.2, 0) is 14.4 Å². The zero-order valence-corrected chi connectivity index (χ0v) is 17.6. The molecule has 158 valence electrons. The van der Waals surface area contributed by atoms with Gasteiger partial charge in [0.15, 0.2) is 5.78 Å². The quantitative estimate of drug-likeness (QED) is 0.409. The van der Waals surface area contributed by atoms with Crippen molar-refractivity contribution >= 4 is 23.0 Å². The van der Waals surface area contributed by atoms with Crippen LogP contribution < -0.4 is 4.74 Å². The van der Waals surface area contributed by atoms with Crippen LogP contribution in [0.15, 0.2) is 29.5 Å². The average molecular weight is 411 g/mol. The molecule has 1 atom stereocenters. The number of nitro benzene ring substituents is 1. The first-order chi connectivity index (χ1) is 13.9. The normalized spacial score (nSPS) is 25.5. The number of Topliss-reactive ketones (excluding diaryl/α,β-unsaturated/α-hetero) is 3. The van der Waals surface area contributed by atoms with E-state index in [0.29, 0.717) is 29.1 Å². The minimum Gasteiger partial charge on any atom is -0.461 e. The van der Waals surface area contributed by atoms with Crippen molar-refractivity contribution < 1.29 is 24.0 Å². The average Bonchev–Trinajstić information content (AvgIpc) is 2.57. The molecule has 0 saturated heterocycles. The molecular weight excluding hydrogens is 386 g/mol. The number of hydrogen-bond acceptors (Lipinski definition) is 6. The van der Waals surface area contributed by atoms with Gasteiger partial charge in [-0.3, -0.25) is 24.5 Å². The lowest BCUT2D eigenvalue weighted by molar-refractivity contribution is -0.385. The molecule has 0 bridgehead atoms. The Morgan fingerprint density at radius 1 is 0.933 bits per heavy atom. The molecule has 1 heterocycles. The largest absolute Gasteiger partial charge is 0.461 e. The van der Waals surface area contributed by atoms with Crippen molar-refractivity contribution in [1.82, 2.24) is 0 Å². The van der Waals surface area contributed by atoms with Crippen molar-refractivity contribution in [3.05, 3.63) is 45.2 Å². The summed E-state index contributed by atoms with van der Waals surface area (Å²) in [6.07, 6.45) is 1.23. The van der Waals surface area contributed by atoms with Gasteiger partial charge in [0.25, 0.3) is 5.69 Å². The Kier molecular flexibility index (Phi) is 4.49. The summed E-state index contributed by atoms with van der Waals surface area (Å²) in [5, 5.41) is 11.4. The number of fused-ring (bicyclic) bond motifs is 1. The van der Waals surface area contributed by atoms with E-state index in [2.05, 4.69) is 0 Å². The van der Waals surface area contributed by atoms with Gasteiger partial charge in [-0.05, 0) is 16.9 Å². The number of benzene rings is 1. The summed E-state index contributed by atoms with van der Waals surface area (Å²) in [7, 11) is 0. The first-order valence-electron chi connectivity index (χ1n) is 10.2. The number of ketones is 3. The van der Waals surface area contributed by atoms with Gasteiger partial charge in [0, 0.05) is 54.9 Å². The second kappa shape index (κ2) is 6.59. The van der Waals surface area contributed by atoms with Gasteiger partial charge < -0.3 is 4.74 Å². The molecule has 1 saturated carbocycles. The topological polar surface area (TPSA) is 104 Å². The number of rotatable bonds is 2. The van der Waals surface area contributed by atoms with Crippen LogP contribution in [0.5, 0.6) is 5.75 Å². The Hall–Kier alpha value is -2.83. The van der Waals surface area contributed by atoms with Crippen molar-refractivity contribution in [2.24, 2.45) is 16.7 Å². The van der Waals surface area contributed by atoms with E-state index in [9.17, 15) is 24.5 Å². The lowest BCUT2D eigenvalue weighted by atomic mass is 9.62. The highest BCUT2D eigenvalue weighted by molar-refractivity contribution is 6.09. The van der Waals surface area contributed by atoms with E-state index in [1.807, 2.05) is 27.7 Å². The van der Waals surface area contributed by atoms with E-state index >= 15 is 0 Å². The molecule has 0 unspecified atom stereocenters. The maximum absolute atomic E-state index is 13.2. The zero-order valence-electron chi connectivity index (χ0n) is 17.6. The van der Waals surface area contributed by atoms with E-state index in [4.69, 9.17) is 4.74 Å². The van der Waals surface area contributed by atoms with Gasteiger partial charge in [-0.1, -0.05) is 27.7 Å². The summed E-state index contributed by atoms with van der Waals surface area (Å²) in [4.78, 5) is 50.3. The fourth-order valence-corrected chi connectivity index (χ4v) is 5.11. The van der Waals surface area contributed by atoms with E-state index in [1.54, 1.807) is 0 Å². The molecule has 0 spiro atoms. The third kappa shape index (κ3) is 3.36. The number of carbonyl (C=O) groups excluding carboxylic acids is 3. The van der Waals surface area contributed by atoms with Gasteiger partial charge in [-0.15, -0.1) is 0 Å². The Balaban J connectivity index is 1.91.